The Balaban J connectivity index is 1.53. The van der Waals surface area contributed by atoms with E-state index in [1.807, 2.05) is 12.1 Å². The van der Waals surface area contributed by atoms with E-state index in [1.54, 1.807) is 75.4 Å². The molecule has 3 aromatic carbocycles. The molecule has 0 saturated carbocycles. The van der Waals surface area contributed by atoms with Gasteiger partial charge in [-0.1, -0.05) is 56.0 Å². The van der Waals surface area contributed by atoms with Crippen LogP contribution in [0.4, 0.5) is 11.4 Å². The number of carboxylic acid groups (broad SMARTS) is 1. The Morgan fingerprint density at radius 2 is 1.65 bits per heavy atom. The van der Waals surface area contributed by atoms with Crippen LogP contribution in [-0.4, -0.2) is 43.5 Å². The number of rotatable bonds is 8. The summed E-state index contributed by atoms with van der Waals surface area (Å²) in [4.78, 5) is 24.7. The predicted molar refractivity (Wildman–Crippen MR) is 154 cm³/mol. The van der Waals surface area contributed by atoms with E-state index in [-0.39, 0.29) is 12.4 Å². The Morgan fingerprint density at radius 1 is 1.02 bits per heavy atom. The largest absolute Gasteiger partial charge is 0.480 e. The molecule has 40 heavy (non-hydrogen) atoms. The van der Waals surface area contributed by atoms with E-state index in [1.165, 1.54) is 0 Å². The molecule has 0 radical (unpaired) electrons. The van der Waals surface area contributed by atoms with E-state index < -0.39 is 35.1 Å². The molecule has 4 rings (SSSR count). The third kappa shape index (κ3) is 5.92. The van der Waals surface area contributed by atoms with Gasteiger partial charge in [0.1, 0.15) is 18.2 Å². The van der Waals surface area contributed by atoms with Crippen molar-refractivity contribution in [1.29, 1.82) is 0 Å². The Kier molecular flexibility index (Phi) is 8.70. The van der Waals surface area contributed by atoms with Crippen molar-refractivity contribution in [3.05, 3.63) is 83.6 Å². The van der Waals surface area contributed by atoms with Crippen molar-refractivity contribution >= 4 is 45.5 Å². The van der Waals surface area contributed by atoms with E-state index in [9.17, 15) is 23.5 Å². The lowest BCUT2D eigenvalue weighted by Crippen LogP contribution is -2.45. The average Bonchev–Trinajstić information content (AvgIpc) is 3.27. The van der Waals surface area contributed by atoms with Crippen LogP contribution in [0.1, 0.15) is 35.5 Å². The van der Waals surface area contributed by atoms with Crippen molar-refractivity contribution in [1.82, 2.24) is 0 Å². The Labute approximate surface area is 233 Å². The number of carbonyl (C=O) groups is 2. The minimum absolute atomic E-state index is 0.166. The molecule has 1 amide bonds. The highest BCUT2D eigenvalue weighted by molar-refractivity contribution is 7.80. The van der Waals surface area contributed by atoms with Crippen LogP contribution in [-0.2, 0) is 16.1 Å². The molecule has 9 nitrogen and oxygen atoms in total. The number of nitrogens with zero attached hydrogens (tertiary/aromatic N) is 1. The number of hydrogen-bond acceptors (Lipinski definition) is 5. The number of aryl methyl sites for hydroxylation is 1. The first kappa shape index (κ1) is 28.6. The first-order valence-corrected chi connectivity index (χ1v) is 13.5. The molecule has 2 unspecified atom stereocenters. The van der Waals surface area contributed by atoms with Crippen LogP contribution < -0.4 is 9.62 Å². The summed E-state index contributed by atoms with van der Waals surface area (Å²) in [6, 6.07) is 17.9. The van der Waals surface area contributed by atoms with Crippen molar-refractivity contribution in [3.63, 3.8) is 0 Å². The summed E-state index contributed by atoms with van der Waals surface area (Å²) < 4.78 is 28.6. The summed E-state index contributed by atoms with van der Waals surface area (Å²) in [5.74, 6) is 3.67. The summed E-state index contributed by atoms with van der Waals surface area (Å²) in [7, 11) is 0. The van der Waals surface area contributed by atoms with Crippen molar-refractivity contribution < 1.29 is 33.0 Å². The van der Waals surface area contributed by atoms with Gasteiger partial charge in [-0.05, 0) is 60.4 Å². The van der Waals surface area contributed by atoms with Crippen molar-refractivity contribution in [2.24, 2.45) is 5.92 Å². The number of carbonyl (C=O) groups excluding carboxylic acids is 1. The van der Waals surface area contributed by atoms with E-state index in [0.29, 0.717) is 28.1 Å². The molecule has 10 heteroatoms. The number of aliphatic hydroxyl groups is 1. The van der Waals surface area contributed by atoms with E-state index in [4.69, 9.17) is 9.52 Å². The van der Waals surface area contributed by atoms with Gasteiger partial charge in [-0.15, -0.1) is 0 Å². The average molecular weight is 561 g/mol. The van der Waals surface area contributed by atoms with Crippen LogP contribution >= 0.6 is 0 Å². The van der Waals surface area contributed by atoms with Gasteiger partial charge in [0.05, 0.1) is 5.69 Å². The third-order valence-electron chi connectivity index (χ3n) is 6.37. The normalized spacial score (nSPS) is 12.4. The lowest BCUT2D eigenvalue weighted by molar-refractivity contribution is -0.139. The highest BCUT2D eigenvalue weighted by Crippen LogP contribution is 2.30. The molecule has 0 bridgehead atoms. The summed E-state index contributed by atoms with van der Waals surface area (Å²) in [5.41, 5.74) is 4.32. The smallest absolute Gasteiger partial charge is 0.327 e. The maximum absolute atomic E-state index is 13.0. The predicted octanol–water partition coefficient (Wildman–Crippen LogP) is 5.06. The fraction of sp³-hybridized carbons (Fsp3) is 0.200. The van der Waals surface area contributed by atoms with Crippen LogP contribution in [0.3, 0.4) is 0 Å². The van der Waals surface area contributed by atoms with Gasteiger partial charge >= 0.3 is 5.97 Å². The number of anilines is 2. The number of furan rings is 1. The maximum atomic E-state index is 13.0. The Bertz CT molecular complexity index is 1630. The van der Waals surface area contributed by atoms with Crippen molar-refractivity contribution in [2.75, 3.05) is 16.2 Å². The summed E-state index contributed by atoms with van der Waals surface area (Å²) >= 11 is -2.52. The van der Waals surface area contributed by atoms with E-state index in [2.05, 4.69) is 17.2 Å². The van der Waals surface area contributed by atoms with Gasteiger partial charge in [0, 0.05) is 22.2 Å². The van der Waals surface area contributed by atoms with Crippen molar-refractivity contribution in [2.45, 2.75) is 26.8 Å². The highest BCUT2D eigenvalue weighted by Gasteiger charge is 2.32. The minimum atomic E-state index is -2.52. The number of aliphatic carboxylic acids is 1. The minimum Gasteiger partial charge on any atom is -0.480 e. The van der Waals surface area contributed by atoms with E-state index >= 15 is 0 Å². The molecule has 0 aliphatic rings. The topological polar surface area (TPSA) is 140 Å². The van der Waals surface area contributed by atoms with Crippen LogP contribution in [0.5, 0.6) is 0 Å². The zero-order valence-electron chi connectivity index (χ0n) is 22.0. The monoisotopic (exact) mass is 560 g/mol. The fourth-order valence-corrected chi connectivity index (χ4v) is 5.33. The van der Waals surface area contributed by atoms with Gasteiger partial charge in [-0.25, -0.2) is 9.00 Å². The number of nitrogens with one attached hydrogen (secondary N) is 1. The molecule has 0 aliphatic carbocycles. The maximum Gasteiger partial charge on any atom is 0.327 e. The lowest BCUT2D eigenvalue weighted by Gasteiger charge is -2.29. The molecule has 0 fully saturated rings. The highest BCUT2D eigenvalue weighted by atomic mass is 32.2. The van der Waals surface area contributed by atoms with Crippen LogP contribution in [0, 0.1) is 24.7 Å². The first-order chi connectivity index (χ1) is 19.1. The molecule has 2 atom stereocenters. The van der Waals surface area contributed by atoms with Gasteiger partial charge in [-0.2, -0.15) is 0 Å². The third-order valence-corrected chi connectivity index (χ3v) is 7.14. The molecule has 0 saturated heterocycles. The van der Waals surface area contributed by atoms with Gasteiger partial charge < -0.3 is 19.9 Å². The number of aliphatic hydroxyl groups excluding tert-OH is 1. The molecule has 0 spiro atoms. The lowest BCUT2D eigenvalue weighted by atomic mass is 10.0. The number of benzene rings is 3. The molecule has 1 aromatic heterocycles. The molecular weight excluding hydrogens is 532 g/mol. The van der Waals surface area contributed by atoms with Gasteiger partial charge in [0.2, 0.25) is 0 Å². The molecule has 0 aliphatic heterocycles. The standard InChI is InChI=1S/C30H28N2O7S/c1-18(2)27(30(35)36)32(40(37)38)24-15-11-21(12-16-24)20-9-13-23(14-10-20)31-29(34)28-19(3)26-22(7-5-17-33)6-4-8-25(26)39-28/h4,6,8-16,18,27,33H,17H2,1-3H3,(H,31,34)(H,35,36)(H,37,38). The molecule has 4 aromatic rings. The second kappa shape index (κ2) is 12.2. The van der Waals surface area contributed by atoms with E-state index in [0.717, 1.165) is 20.8 Å². The molecule has 4 N–H and O–H groups in total. The molecule has 206 valence electrons. The van der Waals surface area contributed by atoms with Crippen LogP contribution in [0.25, 0.3) is 22.1 Å². The second-order valence-electron chi connectivity index (χ2n) is 9.36. The SMILES string of the molecule is Cc1c(C(=O)Nc2ccc(-c3ccc(N(C(C(=O)O)C(C)C)S(=O)O)cc3)cc2)oc2cccc(C#CCO)c12. The zero-order valence-corrected chi connectivity index (χ0v) is 22.9. The Hall–Kier alpha value is -4.43. The first-order valence-electron chi connectivity index (χ1n) is 12.4. The number of amides is 1. The number of fused-ring (bicyclic) bond motifs is 1. The van der Waals surface area contributed by atoms with Crippen LogP contribution in [0.15, 0.2) is 71.1 Å². The molecule has 1 heterocycles. The van der Waals surface area contributed by atoms with Gasteiger partial charge in [0.15, 0.2) is 5.76 Å². The van der Waals surface area contributed by atoms with Gasteiger partial charge in [0.25, 0.3) is 17.2 Å². The van der Waals surface area contributed by atoms with Gasteiger partial charge in [-0.3, -0.25) is 13.7 Å². The van der Waals surface area contributed by atoms with Crippen LogP contribution in [0.2, 0.25) is 0 Å². The molecular formula is C30H28N2O7S. The fourth-order valence-electron chi connectivity index (χ4n) is 4.50. The Morgan fingerprint density at radius 3 is 2.20 bits per heavy atom. The summed E-state index contributed by atoms with van der Waals surface area (Å²) in [5, 5.41) is 22.2. The summed E-state index contributed by atoms with van der Waals surface area (Å²) in [6.45, 7) is 4.86. The number of carboxylic acids is 1. The quantitative estimate of drug-likeness (QED) is 0.174. The zero-order chi connectivity index (χ0) is 29.0. The second-order valence-corrected chi connectivity index (χ2v) is 10.2. The number of hydrogen-bond donors (Lipinski definition) is 4. The summed E-state index contributed by atoms with van der Waals surface area (Å²) in [6.07, 6.45) is 0. The van der Waals surface area contributed by atoms with Crippen molar-refractivity contribution in [3.8, 4) is 23.0 Å².